The van der Waals surface area contributed by atoms with Crippen molar-refractivity contribution in [2.24, 2.45) is 5.73 Å². The van der Waals surface area contributed by atoms with Crippen LogP contribution in [0.5, 0.6) is 0 Å². The Labute approximate surface area is 177 Å². The van der Waals surface area contributed by atoms with Gasteiger partial charge in [-0.2, -0.15) is 0 Å². The number of benzene rings is 1. The molecule has 150 valence electrons. The van der Waals surface area contributed by atoms with Crippen LogP contribution in [0.15, 0.2) is 35.7 Å². The van der Waals surface area contributed by atoms with Gasteiger partial charge in [0.25, 0.3) is 0 Å². The Hall–Kier alpha value is -1.18. The maximum atomic E-state index is 12.5. The molecule has 0 spiro atoms. The standard InChI is InChI=1S/C19H26N4OS.2ClH/c1-2-18-21-16(14-25-18)13-22-8-10-23(11-9-22)19(24)12-17(20)15-6-4-3-5-7-15;;/h3-7,14,17H,2,8-13,20H2,1H3;2*1H. The number of nitrogens with zero attached hydrogens (tertiary/aromatic N) is 3. The Morgan fingerprint density at radius 1 is 1.19 bits per heavy atom. The molecule has 2 heterocycles. The van der Waals surface area contributed by atoms with Crippen molar-refractivity contribution in [3.8, 4) is 0 Å². The summed E-state index contributed by atoms with van der Waals surface area (Å²) in [5.74, 6) is 0.151. The molecule has 1 unspecified atom stereocenters. The maximum absolute atomic E-state index is 12.5. The first-order valence-corrected chi connectivity index (χ1v) is 9.77. The molecular formula is C19H28Cl2N4OS. The van der Waals surface area contributed by atoms with Crippen LogP contribution in [-0.4, -0.2) is 46.9 Å². The number of nitrogens with two attached hydrogens (primary N) is 1. The zero-order chi connectivity index (χ0) is 17.6. The molecule has 0 aliphatic carbocycles. The average molecular weight is 431 g/mol. The van der Waals surface area contributed by atoms with E-state index in [1.807, 2.05) is 35.2 Å². The minimum Gasteiger partial charge on any atom is -0.340 e. The molecule has 2 aromatic rings. The van der Waals surface area contributed by atoms with E-state index in [0.29, 0.717) is 6.42 Å². The maximum Gasteiger partial charge on any atom is 0.224 e. The molecule has 0 radical (unpaired) electrons. The van der Waals surface area contributed by atoms with E-state index < -0.39 is 0 Å². The zero-order valence-electron chi connectivity index (χ0n) is 15.5. The molecule has 27 heavy (non-hydrogen) atoms. The summed E-state index contributed by atoms with van der Waals surface area (Å²) in [6.45, 7) is 6.34. The fourth-order valence-corrected chi connectivity index (χ4v) is 3.84. The number of rotatable bonds is 6. The Kier molecular flexibility index (Phi) is 10.3. The minimum atomic E-state index is -0.228. The highest BCUT2D eigenvalue weighted by atomic mass is 35.5. The predicted octanol–water partition coefficient (Wildman–Crippen LogP) is 3.28. The van der Waals surface area contributed by atoms with Crippen LogP contribution in [0.25, 0.3) is 0 Å². The lowest BCUT2D eigenvalue weighted by molar-refractivity contribution is -0.133. The summed E-state index contributed by atoms with van der Waals surface area (Å²) >= 11 is 1.73. The molecule has 1 amide bonds. The molecule has 3 rings (SSSR count). The summed E-state index contributed by atoms with van der Waals surface area (Å²) in [6, 6.07) is 9.61. The van der Waals surface area contributed by atoms with Gasteiger partial charge in [-0.1, -0.05) is 37.3 Å². The lowest BCUT2D eigenvalue weighted by Gasteiger charge is -2.34. The van der Waals surface area contributed by atoms with Crippen molar-refractivity contribution < 1.29 is 4.79 Å². The molecule has 8 heteroatoms. The number of hydrogen-bond donors (Lipinski definition) is 1. The second-order valence-corrected chi connectivity index (χ2v) is 7.41. The number of aryl methyl sites for hydroxylation is 1. The molecule has 0 saturated carbocycles. The number of aromatic nitrogens is 1. The van der Waals surface area contributed by atoms with E-state index in [1.54, 1.807) is 11.3 Å². The van der Waals surface area contributed by atoms with E-state index >= 15 is 0 Å². The van der Waals surface area contributed by atoms with Crippen LogP contribution < -0.4 is 5.73 Å². The highest BCUT2D eigenvalue weighted by Crippen LogP contribution is 2.17. The first-order valence-electron chi connectivity index (χ1n) is 8.89. The SMILES string of the molecule is CCc1nc(CN2CCN(C(=O)CC(N)c3ccccc3)CC2)cs1.Cl.Cl. The third-order valence-electron chi connectivity index (χ3n) is 4.63. The van der Waals surface area contributed by atoms with Crippen molar-refractivity contribution in [3.05, 3.63) is 52.0 Å². The van der Waals surface area contributed by atoms with Gasteiger partial charge in [-0.3, -0.25) is 9.69 Å². The summed E-state index contributed by atoms with van der Waals surface area (Å²) in [4.78, 5) is 21.4. The van der Waals surface area contributed by atoms with Gasteiger partial charge in [0.2, 0.25) is 5.91 Å². The quantitative estimate of drug-likeness (QED) is 0.763. The van der Waals surface area contributed by atoms with Crippen LogP contribution in [-0.2, 0) is 17.8 Å². The highest BCUT2D eigenvalue weighted by molar-refractivity contribution is 7.09. The number of amides is 1. The molecule has 1 aromatic heterocycles. The van der Waals surface area contributed by atoms with Gasteiger partial charge in [0.1, 0.15) is 0 Å². The van der Waals surface area contributed by atoms with Crippen LogP contribution in [0.1, 0.15) is 35.7 Å². The number of thiazole rings is 1. The summed E-state index contributed by atoms with van der Waals surface area (Å²) in [5.41, 5.74) is 8.35. The Balaban J connectivity index is 0.00000182. The minimum absolute atomic E-state index is 0. The van der Waals surface area contributed by atoms with Crippen molar-refractivity contribution in [3.63, 3.8) is 0 Å². The smallest absolute Gasteiger partial charge is 0.224 e. The van der Waals surface area contributed by atoms with Crippen LogP contribution in [0.2, 0.25) is 0 Å². The molecule has 0 bridgehead atoms. The van der Waals surface area contributed by atoms with E-state index in [4.69, 9.17) is 5.73 Å². The molecule has 1 fully saturated rings. The lowest BCUT2D eigenvalue weighted by atomic mass is 10.0. The van der Waals surface area contributed by atoms with Crippen molar-refractivity contribution in [1.29, 1.82) is 0 Å². The van der Waals surface area contributed by atoms with Crippen LogP contribution >= 0.6 is 36.2 Å². The molecule has 2 N–H and O–H groups in total. The summed E-state index contributed by atoms with van der Waals surface area (Å²) in [7, 11) is 0. The predicted molar refractivity (Wildman–Crippen MR) is 116 cm³/mol. The summed E-state index contributed by atoms with van der Waals surface area (Å²) in [5, 5.41) is 3.34. The summed E-state index contributed by atoms with van der Waals surface area (Å²) in [6.07, 6.45) is 1.37. The normalized spacial score (nSPS) is 15.6. The van der Waals surface area contributed by atoms with Gasteiger partial charge in [-0.15, -0.1) is 36.2 Å². The topological polar surface area (TPSA) is 62.5 Å². The summed E-state index contributed by atoms with van der Waals surface area (Å²) < 4.78 is 0. The first kappa shape index (κ1) is 23.9. The number of carbonyl (C=O) groups is 1. The van der Waals surface area contributed by atoms with E-state index in [2.05, 4.69) is 22.2 Å². The van der Waals surface area contributed by atoms with Crippen LogP contribution in [0.4, 0.5) is 0 Å². The Morgan fingerprint density at radius 3 is 2.44 bits per heavy atom. The Morgan fingerprint density at radius 2 is 1.85 bits per heavy atom. The van der Waals surface area contributed by atoms with Gasteiger partial charge >= 0.3 is 0 Å². The van der Waals surface area contributed by atoms with Gasteiger partial charge in [0.05, 0.1) is 10.7 Å². The molecule has 5 nitrogen and oxygen atoms in total. The van der Waals surface area contributed by atoms with Crippen molar-refractivity contribution in [1.82, 2.24) is 14.8 Å². The van der Waals surface area contributed by atoms with Gasteiger partial charge in [0.15, 0.2) is 0 Å². The zero-order valence-corrected chi connectivity index (χ0v) is 18.0. The largest absolute Gasteiger partial charge is 0.340 e. The van der Waals surface area contributed by atoms with Gasteiger partial charge in [-0.25, -0.2) is 4.98 Å². The fourth-order valence-electron chi connectivity index (χ4n) is 3.10. The highest BCUT2D eigenvalue weighted by Gasteiger charge is 2.23. The monoisotopic (exact) mass is 430 g/mol. The third-order valence-corrected chi connectivity index (χ3v) is 5.68. The third kappa shape index (κ3) is 6.73. The van der Waals surface area contributed by atoms with Crippen LogP contribution in [0.3, 0.4) is 0 Å². The first-order chi connectivity index (χ1) is 12.2. The average Bonchev–Trinajstić information content (AvgIpc) is 3.10. The molecular weight excluding hydrogens is 403 g/mol. The number of piperazine rings is 1. The molecule has 1 aliphatic rings. The number of hydrogen-bond acceptors (Lipinski definition) is 5. The molecule has 1 atom stereocenters. The van der Waals surface area contributed by atoms with E-state index in [-0.39, 0.29) is 36.8 Å². The van der Waals surface area contributed by atoms with Gasteiger partial charge < -0.3 is 10.6 Å². The number of halogens is 2. The van der Waals surface area contributed by atoms with Gasteiger partial charge in [-0.05, 0) is 12.0 Å². The molecule has 1 aliphatic heterocycles. The Bertz CT molecular complexity index is 690. The fraction of sp³-hybridized carbons (Fsp3) is 0.474. The van der Waals surface area contributed by atoms with Gasteiger partial charge in [0, 0.05) is 50.6 Å². The number of carbonyl (C=O) groups excluding carboxylic acids is 1. The second kappa shape index (κ2) is 11.6. The lowest BCUT2D eigenvalue weighted by Crippen LogP contribution is -2.48. The van der Waals surface area contributed by atoms with E-state index in [9.17, 15) is 4.79 Å². The molecule has 1 saturated heterocycles. The van der Waals surface area contributed by atoms with Crippen molar-refractivity contribution in [2.45, 2.75) is 32.4 Å². The van der Waals surface area contributed by atoms with Crippen molar-refractivity contribution >= 4 is 42.1 Å². The van der Waals surface area contributed by atoms with Crippen molar-refractivity contribution in [2.75, 3.05) is 26.2 Å². The van der Waals surface area contributed by atoms with Crippen LogP contribution in [0, 0.1) is 0 Å². The van der Waals surface area contributed by atoms with E-state index in [0.717, 1.165) is 50.4 Å². The molecule has 1 aromatic carbocycles. The van der Waals surface area contributed by atoms with E-state index in [1.165, 1.54) is 5.01 Å². The second-order valence-electron chi connectivity index (χ2n) is 6.46.